The fourth-order valence-electron chi connectivity index (χ4n) is 1.12. The second-order valence-corrected chi connectivity index (χ2v) is 3.05. The number of nitro benzene ring substituents is 1. The molecule has 0 amide bonds. The fraction of sp³-hybridized carbons (Fsp3) is 0. The molecule has 0 aliphatic rings. The fourth-order valence-corrected chi connectivity index (χ4v) is 1.12. The lowest BCUT2D eigenvalue weighted by Gasteiger charge is -1.96. The van der Waals surface area contributed by atoms with E-state index < -0.39 is 10.7 Å². The molecule has 0 atom stereocenters. The van der Waals surface area contributed by atoms with Gasteiger partial charge in [0, 0.05) is 11.6 Å². The number of rotatable bonds is 3. The minimum atomic E-state index is -0.712. The van der Waals surface area contributed by atoms with Crippen LogP contribution in [0.15, 0.2) is 36.0 Å². The Balaban J connectivity index is 2.25. The summed E-state index contributed by atoms with van der Waals surface area (Å²) in [7, 11) is 0. The third kappa shape index (κ3) is 2.48. The van der Waals surface area contributed by atoms with Crippen molar-refractivity contribution in [2.24, 2.45) is 5.10 Å². The Bertz CT molecular complexity index is 567. The Morgan fingerprint density at radius 2 is 2.12 bits per heavy atom. The van der Waals surface area contributed by atoms with Crippen molar-refractivity contribution in [2.45, 2.75) is 0 Å². The summed E-state index contributed by atoms with van der Waals surface area (Å²) in [5.41, 5.74) is -0.159. The molecule has 1 heterocycles. The summed E-state index contributed by atoms with van der Waals surface area (Å²) in [6.45, 7) is 0. The lowest BCUT2D eigenvalue weighted by molar-refractivity contribution is -0.385. The molecule has 8 heteroatoms. The first kappa shape index (κ1) is 10.9. The first-order valence-corrected chi connectivity index (χ1v) is 4.50. The van der Waals surface area contributed by atoms with Crippen LogP contribution in [0.25, 0.3) is 0 Å². The van der Waals surface area contributed by atoms with E-state index in [0.29, 0.717) is 0 Å². The van der Waals surface area contributed by atoms with Gasteiger partial charge in [-0.1, -0.05) is 0 Å². The summed E-state index contributed by atoms with van der Waals surface area (Å²) in [5, 5.41) is 21.2. The molecule has 2 aromatic rings. The van der Waals surface area contributed by atoms with E-state index in [1.807, 2.05) is 0 Å². The summed E-state index contributed by atoms with van der Waals surface area (Å²) in [6, 6.07) is 3.32. The molecule has 1 aromatic heterocycles. The van der Waals surface area contributed by atoms with Crippen molar-refractivity contribution in [3.63, 3.8) is 0 Å². The van der Waals surface area contributed by atoms with Gasteiger partial charge < -0.3 is 0 Å². The molecule has 17 heavy (non-hydrogen) atoms. The molecule has 0 bridgehead atoms. The topological polar surface area (TPSA) is 86.2 Å². The van der Waals surface area contributed by atoms with Crippen LogP contribution in [-0.2, 0) is 0 Å². The van der Waals surface area contributed by atoms with E-state index in [-0.39, 0.29) is 11.3 Å². The van der Waals surface area contributed by atoms with Gasteiger partial charge in [-0.3, -0.25) is 10.1 Å². The third-order valence-electron chi connectivity index (χ3n) is 1.93. The molecule has 0 spiro atoms. The lowest BCUT2D eigenvalue weighted by Crippen LogP contribution is -1.94. The molecule has 0 saturated heterocycles. The van der Waals surface area contributed by atoms with Crippen molar-refractivity contribution in [3.8, 4) is 0 Å². The highest BCUT2D eigenvalue weighted by atomic mass is 19.1. The zero-order valence-electron chi connectivity index (χ0n) is 8.39. The van der Waals surface area contributed by atoms with Gasteiger partial charge in [0.15, 0.2) is 0 Å². The van der Waals surface area contributed by atoms with Crippen molar-refractivity contribution in [2.75, 3.05) is 0 Å². The van der Waals surface area contributed by atoms with Crippen LogP contribution in [0, 0.1) is 15.9 Å². The quantitative estimate of drug-likeness (QED) is 0.454. The van der Waals surface area contributed by atoms with Gasteiger partial charge in [0.05, 0.1) is 17.2 Å². The minimum Gasteiger partial charge on any atom is -0.258 e. The first-order valence-electron chi connectivity index (χ1n) is 4.50. The zero-order chi connectivity index (χ0) is 12.3. The van der Waals surface area contributed by atoms with Gasteiger partial charge in [0.25, 0.3) is 5.69 Å². The maximum Gasteiger partial charge on any atom is 0.272 e. The maximum atomic E-state index is 13.4. The highest BCUT2D eigenvalue weighted by Crippen LogP contribution is 2.15. The molecular weight excluding hydrogens is 229 g/mol. The molecule has 1 aromatic carbocycles. The van der Waals surface area contributed by atoms with Gasteiger partial charge in [0.2, 0.25) is 0 Å². The molecule has 0 N–H and O–H groups in total. The van der Waals surface area contributed by atoms with E-state index in [1.165, 1.54) is 35.7 Å². The van der Waals surface area contributed by atoms with E-state index >= 15 is 0 Å². The van der Waals surface area contributed by atoms with Crippen molar-refractivity contribution in [1.29, 1.82) is 0 Å². The number of halogens is 1. The molecule has 0 radical (unpaired) electrons. The largest absolute Gasteiger partial charge is 0.272 e. The summed E-state index contributed by atoms with van der Waals surface area (Å²) in [4.78, 5) is 9.73. The lowest BCUT2D eigenvalue weighted by atomic mass is 10.2. The Morgan fingerprint density at radius 1 is 1.41 bits per heavy atom. The SMILES string of the molecule is O=[N+]([O-])c1ccc(C=Nn2cnnc2)c(F)c1. The van der Waals surface area contributed by atoms with Gasteiger partial charge in [-0.25, -0.2) is 9.07 Å². The molecule has 0 aliphatic heterocycles. The average Bonchev–Trinajstić information content (AvgIpc) is 2.80. The number of hydrogen-bond acceptors (Lipinski definition) is 5. The van der Waals surface area contributed by atoms with Crippen LogP contribution in [0.4, 0.5) is 10.1 Å². The summed E-state index contributed by atoms with van der Waals surface area (Å²) < 4.78 is 14.7. The van der Waals surface area contributed by atoms with Gasteiger partial charge in [-0.05, 0) is 6.07 Å². The number of hydrogen-bond donors (Lipinski definition) is 0. The normalized spacial score (nSPS) is 10.9. The smallest absolute Gasteiger partial charge is 0.258 e. The Morgan fingerprint density at radius 3 is 2.71 bits per heavy atom. The molecule has 7 nitrogen and oxygen atoms in total. The van der Waals surface area contributed by atoms with Crippen LogP contribution >= 0.6 is 0 Å². The Hall–Kier alpha value is -2.64. The van der Waals surface area contributed by atoms with Crippen LogP contribution < -0.4 is 0 Å². The van der Waals surface area contributed by atoms with E-state index in [2.05, 4.69) is 15.3 Å². The zero-order valence-corrected chi connectivity index (χ0v) is 8.39. The molecular formula is C9H6FN5O2. The van der Waals surface area contributed by atoms with Gasteiger partial charge in [0.1, 0.15) is 18.5 Å². The van der Waals surface area contributed by atoms with Crippen LogP contribution in [-0.4, -0.2) is 26.0 Å². The van der Waals surface area contributed by atoms with E-state index in [1.54, 1.807) is 0 Å². The molecule has 0 fully saturated rings. The van der Waals surface area contributed by atoms with Crippen LogP contribution in [0.2, 0.25) is 0 Å². The standard InChI is InChI=1S/C9H6FN5O2/c10-9-3-8(15(16)17)2-1-7(9)4-13-14-5-11-12-6-14/h1-6H. The van der Waals surface area contributed by atoms with Crippen molar-refractivity contribution >= 4 is 11.9 Å². The van der Waals surface area contributed by atoms with E-state index in [0.717, 1.165) is 6.07 Å². The predicted octanol–water partition coefficient (Wildman–Crippen LogP) is 1.21. The molecule has 2 rings (SSSR count). The first-order chi connectivity index (χ1) is 8.16. The predicted molar refractivity (Wildman–Crippen MR) is 56.1 cm³/mol. The minimum absolute atomic E-state index is 0.143. The summed E-state index contributed by atoms with van der Waals surface area (Å²) >= 11 is 0. The summed E-state index contributed by atoms with van der Waals surface area (Å²) in [6.07, 6.45) is 3.89. The van der Waals surface area contributed by atoms with Crippen LogP contribution in [0.5, 0.6) is 0 Å². The Labute approximate surface area is 94.4 Å². The van der Waals surface area contributed by atoms with Gasteiger partial charge in [-0.2, -0.15) is 5.10 Å². The number of nitrogens with zero attached hydrogens (tertiary/aromatic N) is 5. The highest BCUT2D eigenvalue weighted by molar-refractivity contribution is 5.80. The number of aromatic nitrogens is 3. The Kier molecular flexibility index (Phi) is 2.86. The third-order valence-corrected chi connectivity index (χ3v) is 1.93. The van der Waals surface area contributed by atoms with E-state index in [4.69, 9.17) is 0 Å². The molecule has 86 valence electrons. The molecule has 0 aliphatic carbocycles. The van der Waals surface area contributed by atoms with Crippen LogP contribution in [0.1, 0.15) is 5.56 Å². The number of benzene rings is 1. The van der Waals surface area contributed by atoms with Crippen molar-refractivity contribution in [1.82, 2.24) is 14.9 Å². The van der Waals surface area contributed by atoms with Crippen LogP contribution in [0.3, 0.4) is 0 Å². The second kappa shape index (κ2) is 4.47. The molecule has 0 saturated carbocycles. The van der Waals surface area contributed by atoms with E-state index in [9.17, 15) is 14.5 Å². The number of nitro groups is 1. The average molecular weight is 235 g/mol. The van der Waals surface area contributed by atoms with Crippen molar-refractivity contribution < 1.29 is 9.31 Å². The van der Waals surface area contributed by atoms with Crippen molar-refractivity contribution in [3.05, 3.63) is 52.3 Å². The highest BCUT2D eigenvalue weighted by Gasteiger charge is 2.09. The maximum absolute atomic E-state index is 13.4. The molecule has 0 unspecified atom stereocenters. The van der Waals surface area contributed by atoms with Gasteiger partial charge in [-0.15, -0.1) is 10.2 Å². The summed E-state index contributed by atoms with van der Waals surface area (Å²) in [5.74, 6) is -0.712. The number of non-ortho nitro benzene ring substituents is 1. The second-order valence-electron chi connectivity index (χ2n) is 3.05. The van der Waals surface area contributed by atoms with Gasteiger partial charge >= 0.3 is 0 Å². The monoisotopic (exact) mass is 235 g/mol.